The molecule has 1 aliphatic rings. The predicted octanol–water partition coefficient (Wildman–Crippen LogP) is 4.92. The third-order valence-electron chi connectivity index (χ3n) is 4.96. The van der Waals surface area contributed by atoms with Crippen molar-refractivity contribution in [3.05, 3.63) is 52.7 Å². The van der Waals surface area contributed by atoms with Crippen LogP contribution in [0.15, 0.2) is 35.3 Å². The summed E-state index contributed by atoms with van der Waals surface area (Å²) in [4.78, 5) is 21.0. The molecule has 1 amide bonds. The lowest BCUT2D eigenvalue weighted by atomic mass is 10.0. The summed E-state index contributed by atoms with van der Waals surface area (Å²) >= 11 is 1.61. The number of nitrogens with zero attached hydrogens (tertiary/aromatic N) is 2. The fourth-order valence-corrected chi connectivity index (χ4v) is 4.64. The summed E-state index contributed by atoms with van der Waals surface area (Å²) < 4.78 is 11.2. The highest BCUT2D eigenvalue weighted by atomic mass is 32.1. The molecule has 0 saturated heterocycles. The average molecular weight is 382 g/mol. The van der Waals surface area contributed by atoms with Crippen LogP contribution in [-0.2, 0) is 12.8 Å². The third kappa shape index (κ3) is 3.14. The van der Waals surface area contributed by atoms with Crippen molar-refractivity contribution in [2.75, 3.05) is 18.6 Å². The van der Waals surface area contributed by atoms with Crippen LogP contribution in [0.2, 0.25) is 0 Å². The van der Waals surface area contributed by atoms with Crippen molar-refractivity contribution in [2.45, 2.75) is 32.6 Å². The molecule has 27 heavy (non-hydrogen) atoms. The third-order valence-corrected chi connectivity index (χ3v) is 6.14. The predicted molar refractivity (Wildman–Crippen MR) is 108 cm³/mol. The van der Waals surface area contributed by atoms with E-state index in [4.69, 9.17) is 14.1 Å². The van der Waals surface area contributed by atoms with Crippen LogP contribution >= 0.6 is 11.3 Å². The Balaban J connectivity index is 1.74. The Kier molecular flexibility index (Phi) is 4.74. The number of benzene rings is 1. The van der Waals surface area contributed by atoms with E-state index in [-0.39, 0.29) is 5.91 Å². The second kappa shape index (κ2) is 7.19. The number of anilines is 1. The maximum Gasteiger partial charge on any atom is 0.296 e. The van der Waals surface area contributed by atoms with Gasteiger partial charge in [0.1, 0.15) is 11.3 Å². The monoisotopic (exact) mass is 382 g/mol. The second-order valence-corrected chi connectivity index (χ2v) is 7.76. The van der Waals surface area contributed by atoms with Gasteiger partial charge in [0, 0.05) is 22.4 Å². The number of carbonyl (C=O) groups excluding carboxylic acids is 1. The van der Waals surface area contributed by atoms with Crippen molar-refractivity contribution in [3.63, 3.8) is 0 Å². The summed E-state index contributed by atoms with van der Waals surface area (Å²) in [6, 6.07) is 5.55. The normalized spacial score (nSPS) is 13.4. The molecule has 0 fully saturated rings. The highest BCUT2D eigenvalue weighted by Crippen LogP contribution is 2.34. The lowest BCUT2D eigenvalue weighted by Crippen LogP contribution is -2.31. The van der Waals surface area contributed by atoms with Crippen molar-refractivity contribution in [1.82, 2.24) is 4.98 Å². The first kappa shape index (κ1) is 17.8. The zero-order valence-corrected chi connectivity index (χ0v) is 16.4. The van der Waals surface area contributed by atoms with Gasteiger partial charge in [-0.05, 0) is 50.8 Å². The molecular formula is C21H22N2O3S. The van der Waals surface area contributed by atoms with Gasteiger partial charge in [0.15, 0.2) is 10.9 Å². The Labute approximate surface area is 162 Å². The standard InChI is InChI=1S/C21H22N2O3S/c1-4-11-23(21-22-16-7-5-6-8-18(16)27-21)20(24)19-13(2)15-12-14(25-3)9-10-17(15)26-19/h4,9-10,12H,1,5-8,11H2,2-3H3. The minimum Gasteiger partial charge on any atom is -0.497 e. The molecule has 0 N–H and O–H groups in total. The maximum atomic E-state index is 13.3. The fraction of sp³-hybridized carbons (Fsp3) is 0.333. The van der Waals surface area contributed by atoms with Crippen molar-refractivity contribution in [2.24, 2.45) is 0 Å². The summed E-state index contributed by atoms with van der Waals surface area (Å²) in [5.74, 6) is 0.892. The minimum atomic E-state index is -0.186. The van der Waals surface area contributed by atoms with Crippen molar-refractivity contribution < 1.29 is 13.9 Å². The van der Waals surface area contributed by atoms with E-state index in [0.717, 1.165) is 46.8 Å². The molecule has 0 aliphatic heterocycles. The Morgan fingerprint density at radius 3 is 2.96 bits per heavy atom. The van der Waals surface area contributed by atoms with Gasteiger partial charge >= 0.3 is 0 Å². The van der Waals surface area contributed by atoms with E-state index >= 15 is 0 Å². The van der Waals surface area contributed by atoms with Crippen LogP contribution in [0.3, 0.4) is 0 Å². The molecule has 2 aromatic heterocycles. The quantitative estimate of drug-likeness (QED) is 0.588. The zero-order chi connectivity index (χ0) is 19.0. The van der Waals surface area contributed by atoms with Gasteiger partial charge in [-0.1, -0.05) is 6.08 Å². The van der Waals surface area contributed by atoms with Gasteiger partial charge in [-0.2, -0.15) is 0 Å². The number of furan rings is 1. The number of carbonyl (C=O) groups is 1. The van der Waals surface area contributed by atoms with Crippen LogP contribution in [0.4, 0.5) is 5.13 Å². The van der Waals surface area contributed by atoms with Crippen LogP contribution in [0.25, 0.3) is 11.0 Å². The largest absolute Gasteiger partial charge is 0.497 e. The maximum absolute atomic E-state index is 13.3. The van der Waals surface area contributed by atoms with Gasteiger partial charge in [0.2, 0.25) is 0 Å². The SMILES string of the molecule is C=CCN(C(=O)c1oc2ccc(OC)cc2c1C)c1nc2c(s1)CCCC2. The van der Waals surface area contributed by atoms with Crippen molar-refractivity contribution in [3.8, 4) is 5.75 Å². The lowest BCUT2D eigenvalue weighted by molar-refractivity contribution is 0.0964. The van der Waals surface area contributed by atoms with Gasteiger partial charge in [0.25, 0.3) is 5.91 Å². The Bertz CT molecular complexity index is 995. The van der Waals surface area contributed by atoms with Gasteiger partial charge in [0.05, 0.1) is 12.8 Å². The Hall–Kier alpha value is -2.60. The molecule has 4 rings (SSSR count). The van der Waals surface area contributed by atoms with Crippen LogP contribution in [-0.4, -0.2) is 24.5 Å². The minimum absolute atomic E-state index is 0.186. The molecule has 1 aliphatic carbocycles. The fourth-order valence-electron chi connectivity index (χ4n) is 3.48. The number of thiazole rings is 1. The molecule has 6 heteroatoms. The summed E-state index contributed by atoms with van der Waals surface area (Å²) in [5.41, 5.74) is 2.62. The van der Waals surface area contributed by atoms with Gasteiger partial charge in [-0.3, -0.25) is 9.69 Å². The van der Waals surface area contributed by atoms with Crippen LogP contribution in [0, 0.1) is 6.92 Å². The molecule has 3 aromatic rings. The van der Waals surface area contributed by atoms with E-state index in [0.29, 0.717) is 17.9 Å². The number of rotatable bonds is 5. The molecule has 5 nitrogen and oxygen atoms in total. The smallest absolute Gasteiger partial charge is 0.296 e. The number of aromatic nitrogens is 1. The number of hydrogen-bond donors (Lipinski definition) is 0. The molecule has 0 saturated carbocycles. The van der Waals surface area contributed by atoms with Crippen LogP contribution in [0.1, 0.15) is 39.5 Å². The average Bonchev–Trinajstić information content (AvgIpc) is 3.26. The Morgan fingerprint density at radius 2 is 2.22 bits per heavy atom. The first-order valence-corrected chi connectivity index (χ1v) is 9.92. The van der Waals surface area contributed by atoms with Gasteiger partial charge in [-0.25, -0.2) is 4.98 Å². The number of fused-ring (bicyclic) bond motifs is 2. The molecule has 140 valence electrons. The van der Waals surface area contributed by atoms with E-state index < -0.39 is 0 Å². The van der Waals surface area contributed by atoms with E-state index in [1.807, 2.05) is 25.1 Å². The molecule has 0 spiro atoms. The second-order valence-electron chi connectivity index (χ2n) is 6.70. The summed E-state index contributed by atoms with van der Waals surface area (Å²) in [6.07, 6.45) is 6.11. The number of aryl methyl sites for hydroxylation is 3. The topological polar surface area (TPSA) is 55.6 Å². The van der Waals surface area contributed by atoms with E-state index in [2.05, 4.69) is 6.58 Å². The number of amides is 1. The van der Waals surface area contributed by atoms with E-state index in [1.165, 1.54) is 11.3 Å². The lowest BCUT2D eigenvalue weighted by Gasteiger charge is -2.17. The van der Waals surface area contributed by atoms with Crippen LogP contribution in [0.5, 0.6) is 5.75 Å². The summed E-state index contributed by atoms with van der Waals surface area (Å²) in [7, 11) is 1.62. The van der Waals surface area contributed by atoms with Gasteiger partial charge in [-0.15, -0.1) is 17.9 Å². The van der Waals surface area contributed by atoms with Crippen molar-refractivity contribution in [1.29, 1.82) is 0 Å². The Morgan fingerprint density at radius 1 is 1.41 bits per heavy atom. The first-order chi connectivity index (χ1) is 13.1. The highest BCUT2D eigenvalue weighted by Gasteiger charge is 2.27. The molecule has 1 aromatic carbocycles. The first-order valence-electron chi connectivity index (χ1n) is 9.11. The summed E-state index contributed by atoms with van der Waals surface area (Å²) in [6.45, 7) is 6.10. The molecule has 0 unspecified atom stereocenters. The summed E-state index contributed by atoms with van der Waals surface area (Å²) in [5, 5.41) is 1.61. The molecular weight excluding hydrogens is 360 g/mol. The number of ether oxygens (including phenoxy) is 1. The zero-order valence-electron chi connectivity index (χ0n) is 15.6. The van der Waals surface area contributed by atoms with Crippen LogP contribution < -0.4 is 9.64 Å². The highest BCUT2D eigenvalue weighted by molar-refractivity contribution is 7.16. The molecule has 0 radical (unpaired) electrons. The number of methoxy groups -OCH3 is 1. The van der Waals surface area contributed by atoms with E-state index in [1.54, 1.807) is 29.4 Å². The molecule has 2 heterocycles. The van der Waals surface area contributed by atoms with Crippen molar-refractivity contribution >= 4 is 33.3 Å². The molecule has 0 bridgehead atoms. The molecule has 0 atom stereocenters. The number of hydrogen-bond acceptors (Lipinski definition) is 5. The van der Waals surface area contributed by atoms with E-state index in [9.17, 15) is 4.79 Å². The van der Waals surface area contributed by atoms with Gasteiger partial charge < -0.3 is 9.15 Å².